The van der Waals surface area contributed by atoms with Gasteiger partial charge in [0, 0.05) is 44.9 Å². The third kappa shape index (κ3) is 9.31. The quantitative estimate of drug-likeness (QED) is 0.261. The van der Waals surface area contributed by atoms with Crippen molar-refractivity contribution in [3.63, 3.8) is 0 Å². The number of halogens is 1. The van der Waals surface area contributed by atoms with Crippen LogP contribution in [0.4, 0.5) is 0 Å². The topological polar surface area (TPSA) is 59.9 Å². The minimum Gasteiger partial charge on any atom is -0.396 e. The molecule has 160 valence electrons. The summed E-state index contributed by atoms with van der Waals surface area (Å²) in [6.07, 6.45) is 10.1. The zero-order valence-electron chi connectivity index (χ0n) is 17.8. The van der Waals surface area contributed by atoms with Crippen molar-refractivity contribution < 1.29 is 5.11 Å². The van der Waals surface area contributed by atoms with Crippen molar-refractivity contribution in [3.05, 3.63) is 0 Å². The summed E-state index contributed by atoms with van der Waals surface area (Å²) in [6.45, 7) is 11.0. The minimum atomic E-state index is 0. The third-order valence-corrected chi connectivity index (χ3v) is 5.91. The summed E-state index contributed by atoms with van der Waals surface area (Å²) in [4.78, 5) is 7.56. The highest BCUT2D eigenvalue weighted by Gasteiger charge is 2.27. The third-order valence-electron chi connectivity index (χ3n) is 5.91. The molecule has 1 saturated carbocycles. The summed E-state index contributed by atoms with van der Waals surface area (Å²) in [5.41, 5.74) is 0. The maximum atomic E-state index is 9.31. The van der Waals surface area contributed by atoms with Crippen molar-refractivity contribution in [1.82, 2.24) is 15.5 Å². The maximum absolute atomic E-state index is 9.31. The van der Waals surface area contributed by atoms with Crippen molar-refractivity contribution >= 4 is 29.9 Å². The van der Waals surface area contributed by atoms with E-state index in [1.54, 1.807) is 0 Å². The number of aliphatic hydroxyl groups excluding tert-OH is 1. The highest BCUT2D eigenvalue weighted by molar-refractivity contribution is 14.0. The van der Waals surface area contributed by atoms with Crippen molar-refractivity contribution in [2.24, 2.45) is 16.8 Å². The van der Waals surface area contributed by atoms with E-state index in [4.69, 9.17) is 4.99 Å². The van der Waals surface area contributed by atoms with Crippen LogP contribution in [0, 0.1) is 11.8 Å². The molecule has 2 fully saturated rings. The van der Waals surface area contributed by atoms with E-state index in [9.17, 15) is 5.11 Å². The molecule has 5 nitrogen and oxygen atoms in total. The van der Waals surface area contributed by atoms with Crippen molar-refractivity contribution in [2.75, 3.05) is 32.8 Å². The van der Waals surface area contributed by atoms with Crippen LogP contribution in [0.1, 0.15) is 72.1 Å². The Morgan fingerprint density at radius 1 is 1.15 bits per heavy atom. The number of guanidine groups is 1. The monoisotopic (exact) mass is 494 g/mol. The van der Waals surface area contributed by atoms with E-state index in [1.165, 1.54) is 51.6 Å². The summed E-state index contributed by atoms with van der Waals surface area (Å²) in [6, 6.07) is 1.39. The van der Waals surface area contributed by atoms with E-state index in [1.807, 2.05) is 0 Å². The molecule has 0 spiro atoms. The fourth-order valence-electron chi connectivity index (χ4n) is 4.55. The number of hydrogen-bond acceptors (Lipinski definition) is 3. The van der Waals surface area contributed by atoms with Crippen LogP contribution in [-0.2, 0) is 0 Å². The zero-order valence-corrected chi connectivity index (χ0v) is 20.1. The molecule has 1 unspecified atom stereocenters. The lowest BCUT2D eigenvalue weighted by atomic mass is 9.94. The Bertz CT molecular complexity index is 405. The van der Waals surface area contributed by atoms with Crippen LogP contribution in [-0.4, -0.2) is 60.8 Å². The molecular formula is C21H43IN4O. The molecule has 2 aliphatic rings. The van der Waals surface area contributed by atoms with Gasteiger partial charge in [-0.3, -0.25) is 4.99 Å². The number of likely N-dealkylation sites (tertiary alicyclic amines) is 1. The molecule has 1 atom stereocenters. The first kappa shape index (κ1) is 25.0. The fourth-order valence-corrected chi connectivity index (χ4v) is 4.55. The van der Waals surface area contributed by atoms with Gasteiger partial charge < -0.3 is 20.6 Å². The largest absolute Gasteiger partial charge is 0.396 e. The highest BCUT2D eigenvalue weighted by atomic mass is 127. The Hall–Kier alpha value is -0.0800. The fraction of sp³-hybridized carbons (Fsp3) is 0.952. The van der Waals surface area contributed by atoms with Crippen LogP contribution in [0.5, 0.6) is 0 Å². The Labute approximate surface area is 184 Å². The normalized spacial score (nSPS) is 21.3. The molecule has 1 saturated heterocycles. The van der Waals surface area contributed by atoms with Gasteiger partial charge in [0.25, 0.3) is 0 Å². The molecule has 0 aromatic rings. The summed E-state index contributed by atoms with van der Waals surface area (Å²) in [5, 5.41) is 16.4. The minimum absolute atomic E-state index is 0. The lowest BCUT2D eigenvalue weighted by molar-refractivity contribution is 0.150. The first-order chi connectivity index (χ1) is 12.6. The van der Waals surface area contributed by atoms with Crippen LogP contribution in [0.2, 0.25) is 0 Å². The van der Waals surface area contributed by atoms with Gasteiger partial charge in [0.2, 0.25) is 0 Å². The lowest BCUT2D eigenvalue weighted by Gasteiger charge is -2.36. The summed E-state index contributed by atoms with van der Waals surface area (Å²) < 4.78 is 0. The number of aliphatic hydroxyl groups is 1. The van der Waals surface area contributed by atoms with E-state index in [0.29, 0.717) is 17.9 Å². The highest BCUT2D eigenvalue weighted by Crippen LogP contribution is 2.26. The summed E-state index contributed by atoms with van der Waals surface area (Å²) in [7, 11) is 0. The molecule has 1 aliphatic heterocycles. The number of aliphatic imine (C=N–C) groups is 1. The Balaban J connectivity index is 0.00000364. The first-order valence-corrected chi connectivity index (χ1v) is 11.0. The van der Waals surface area contributed by atoms with Gasteiger partial charge in [-0.1, -0.05) is 26.7 Å². The number of piperidine rings is 1. The van der Waals surface area contributed by atoms with E-state index in [2.05, 4.69) is 36.3 Å². The van der Waals surface area contributed by atoms with E-state index in [0.717, 1.165) is 37.9 Å². The second kappa shape index (κ2) is 14.0. The Morgan fingerprint density at radius 2 is 1.81 bits per heavy atom. The zero-order chi connectivity index (χ0) is 18.8. The van der Waals surface area contributed by atoms with Gasteiger partial charge in [0.1, 0.15) is 0 Å². The van der Waals surface area contributed by atoms with Gasteiger partial charge >= 0.3 is 0 Å². The van der Waals surface area contributed by atoms with Crippen LogP contribution < -0.4 is 10.6 Å². The standard InChI is InChI=1S/C21H42N4O.HI/c1-4-22-21(23-16-18(11-14-26)15-17(2)3)24-19-9-12-25(13-10-19)20-7-5-6-8-20;/h17-20,26H,4-16H2,1-3H3,(H2,22,23,24);1H. The number of nitrogens with zero attached hydrogens (tertiary/aromatic N) is 2. The summed E-state index contributed by atoms with van der Waals surface area (Å²) >= 11 is 0. The molecule has 0 radical (unpaired) electrons. The average molecular weight is 495 g/mol. The predicted octanol–water partition coefficient (Wildman–Crippen LogP) is 3.61. The van der Waals surface area contributed by atoms with E-state index >= 15 is 0 Å². The van der Waals surface area contributed by atoms with Gasteiger partial charge in [0.15, 0.2) is 5.96 Å². The second-order valence-electron chi connectivity index (χ2n) is 8.62. The molecule has 3 N–H and O–H groups in total. The molecule has 0 amide bonds. The molecule has 6 heteroatoms. The smallest absolute Gasteiger partial charge is 0.191 e. The predicted molar refractivity (Wildman–Crippen MR) is 126 cm³/mol. The molecular weight excluding hydrogens is 451 g/mol. The number of nitrogens with one attached hydrogen (secondary N) is 2. The SMILES string of the molecule is CCNC(=NCC(CCO)CC(C)C)NC1CCN(C2CCCC2)CC1.I. The molecule has 1 heterocycles. The number of rotatable bonds is 9. The van der Waals surface area contributed by atoms with Crippen molar-refractivity contribution in [3.8, 4) is 0 Å². The van der Waals surface area contributed by atoms with E-state index < -0.39 is 0 Å². The maximum Gasteiger partial charge on any atom is 0.191 e. The molecule has 0 aromatic carbocycles. The Morgan fingerprint density at radius 3 is 2.37 bits per heavy atom. The van der Waals surface area contributed by atoms with Crippen LogP contribution in [0.15, 0.2) is 4.99 Å². The van der Waals surface area contributed by atoms with Crippen molar-refractivity contribution in [1.29, 1.82) is 0 Å². The van der Waals surface area contributed by atoms with Gasteiger partial charge in [-0.15, -0.1) is 24.0 Å². The van der Waals surface area contributed by atoms with Crippen LogP contribution >= 0.6 is 24.0 Å². The van der Waals surface area contributed by atoms with E-state index in [-0.39, 0.29) is 30.6 Å². The van der Waals surface area contributed by atoms with Gasteiger partial charge in [-0.25, -0.2) is 0 Å². The first-order valence-electron chi connectivity index (χ1n) is 11.0. The number of hydrogen-bond donors (Lipinski definition) is 3. The van der Waals surface area contributed by atoms with Crippen molar-refractivity contribution in [2.45, 2.75) is 84.2 Å². The van der Waals surface area contributed by atoms with Gasteiger partial charge in [-0.05, 0) is 57.3 Å². The summed E-state index contributed by atoms with van der Waals surface area (Å²) in [5.74, 6) is 2.08. The second-order valence-corrected chi connectivity index (χ2v) is 8.62. The molecule has 1 aliphatic carbocycles. The van der Waals surface area contributed by atoms with Crippen LogP contribution in [0.25, 0.3) is 0 Å². The van der Waals surface area contributed by atoms with Gasteiger partial charge in [0.05, 0.1) is 0 Å². The molecule has 0 aromatic heterocycles. The average Bonchev–Trinajstić information content (AvgIpc) is 3.15. The van der Waals surface area contributed by atoms with Crippen LogP contribution in [0.3, 0.4) is 0 Å². The van der Waals surface area contributed by atoms with Gasteiger partial charge in [-0.2, -0.15) is 0 Å². The molecule has 27 heavy (non-hydrogen) atoms. The lowest BCUT2D eigenvalue weighted by Crippen LogP contribution is -2.50. The molecule has 0 bridgehead atoms. The molecule has 2 rings (SSSR count). The Kier molecular flexibility index (Phi) is 12.9.